The van der Waals surface area contributed by atoms with Crippen LogP contribution in [0.3, 0.4) is 0 Å². The van der Waals surface area contributed by atoms with Gasteiger partial charge in [0.1, 0.15) is 11.5 Å². The molecule has 0 spiro atoms. The van der Waals surface area contributed by atoms with Crippen molar-refractivity contribution in [3.63, 3.8) is 0 Å². The second kappa shape index (κ2) is 12.7. The highest BCUT2D eigenvalue weighted by Crippen LogP contribution is 2.37. The first-order chi connectivity index (χ1) is 13.7. The number of hydrogen-bond donors (Lipinski definition) is 1. The van der Waals surface area contributed by atoms with Crippen molar-refractivity contribution in [3.8, 4) is 11.5 Å². The highest BCUT2D eigenvalue weighted by molar-refractivity contribution is 5.91. The predicted octanol–water partition coefficient (Wildman–Crippen LogP) is 7.97. The number of unbranched alkanes of at least 4 members (excludes halogenated alkanes) is 8. The van der Waals surface area contributed by atoms with Crippen LogP contribution in [-0.2, 0) is 12.8 Å². The first kappa shape index (κ1) is 22.6. The third-order valence-corrected chi connectivity index (χ3v) is 5.65. The first-order valence-corrected chi connectivity index (χ1v) is 11.6. The lowest BCUT2D eigenvalue weighted by Crippen LogP contribution is -2.01. The van der Waals surface area contributed by atoms with Crippen molar-refractivity contribution >= 4 is 10.8 Å². The van der Waals surface area contributed by atoms with Crippen LogP contribution in [0.5, 0.6) is 11.5 Å². The van der Waals surface area contributed by atoms with E-state index in [0.29, 0.717) is 5.75 Å². The molecule has 0 fully saturated rings. The summed E-state index contributed by atoms with van der Waals surface area (Å²) in [4.78, 5) is 0. The highest BCUT2D eigenvalue weighted by atomic mass is 16.5. The molecule has 28 heavy (non-hydrogen) atoms. The fraction of sp³-hybridized carbons (Fsp3) is 0.615. The maximum Gasteiger partial charge on any atom is 0.130 e. The Balaban J connectivity index is 1.89. The lowest BCUT2D eigenvalue weighted by Gasteiger charge is -2.15. The number of phenols is 1. The summed E-state index contributed by atoms with van der Waals surface area (Å²) in [6, 6.07) is 8.47. The molecule has 2 heteroatoms. The third-order valence-electron chi connectivity index (χ3n) is 5.65. The molecule has 0 heterocycles. The maximum atomic E-state index is 10.8. The van der Waals surface area contributed by atoms with Gasteiger partial charge in [-0.2, -0.15) is 0 Å². The van der Waals surface area contributed by atoms with E-state index in [-0.39, 0.29) is 0 Å². The summed E-state index contributed by atoms with van der Waals surface area (Å²) in [5.74, 6) is 1.28. The van der Waals surface area contributed by atoms with Gasteiger partial charge in [-0.3, -0.25) is 0 Å². The molecular formula is C26H40O2. The van der Waals surface area contributed by atoms with Crippen molar-refractivity contribution in [2.24, 2.45) is 0 Å². The zero-order valence-electron chi connectivity index (χ0n) is 18.4. The Morgan fingerprint density at radius 2 is 1.46 bits per heavy atom. The molecule has 0 saturated carbocycles. The predicted molar refractivity (Wildman–Crippen MR) is 122 cm³/mol. The fourth-order valence-electron chi connectivity index (χ4n) is 3.89. The summed E-state index contributed by atoms with van der Waals surface area (Å²) in [5.41, 5.74) is 2.26. The SMILES string of the molecule is CCCCCCCCCCCOc1cc2cc(CC)ccc2c(O)c1CCC. The summed E-state index contributed by atoms with van der Waals surface area (Å²) in [6.45, 7) is 7.32. The molecule has 0 bridgehead atoms. The normalized spacial score (nSPS) is 11.2. The summed E-state index contributed by atoms with van der Waals surface area (Å²) in [6.07, 6.45) is 14.7. The Morgan fingerprint density at radius 1 is 0.786 bits per heavy atom. The van der Waals surface area contributed by atoms with Gasteiger partial charge in [0.2, 0.25) is 0 Å². The van der Waals surface area contributed by atoms with Gasteiger partial charge in [0.15, 0.2) is 0 Å². The van der Waals surface area contributed by atoms with E-state index in [4.69, 9.17) is 4.74 Å². The van der Waals surface area contributed by atoms with Crippen LogP contribution in [0.1, 0.15) is 96.1 Å². The lowest BCUT2D eigenvalue weighted by molar-refractivity contribution is 0.299. The zero-order valence-corrected chi connectivity index (χ0v) is 18.4. The smallest absolute Gasteiger partial charge is 0.130 e. The van der Waals surface area contributed by atoms with Crippen LogP contribution in [0.25, 0.3) is 10.8 Å². The summed E-state index contributed by atoms with van der Waals surface area (Å²) in [7, 11) is 0. The zero-order chi connectivity index (χ0) is 20.2. The van der Waals surface area contributed by atoms with Gasteiger partial charge in [0.05, 0.1) is 6.61 Å². The molecule has 2 nitrogen and oxygen atoms in total. The third kappa shape index (κ3) is 6.72. The van der Waals surface area contributed by atoms with Crippen molar-refractivity contribution in [1.29, 1.82) is 0 Å². The molecule has 2 aromatic carbocycles. The Bertz CT molecular complexity index is 705. The van der Waals surface area contributed by atoms with Crippen LogP contribution in [0.4, 0.5) is 0 Å². The Kier molecular flexibility index (Phi) is 10.2. The number of ether oxygens (including phenoxy) is 1. The van der Waals surface area contributed by atoms with E-state index in [2.05, 4.69) is 39.0 Å². The number of aromatic hydroxyl groups is 1. The highest BCUT2D eigenvalue weighted by Gasteiger charge is 2.14. The van der Waals surface area contributed by atoms with Crippen molar-refractivity contribution in [3.05, 3.63) is 35.4 Å². The van der Waals surface area contributed by atoms with E-state index in [1.54, 1.807) is 0 Å². The standard InChI is InChI=1S/C26H40O2/c1-4-7-8-9-10-11-12-13-14-18-28-25-20-22-19-21(6-3)16-17-23(22)26(27)24(25)15-5-2/h16-17,19-20,27H,4-15,18H2,1-3H3. The molecule has 2 aromatic rings. The van der Waals surface area contributed by atoms with Crippen molar-refractivity contribution in [2.75, 3.05) is 6.61 Å². The average molecular weight is 385 g/mol. The van der Waals surface area contributed by atoms with Gasteiger partial charge >= 0.3 is 0 Å². The molecule has 0 unspecified atom stereocenters. The topological polar surface area (TPSA) is 29.5 Å². The van der Waals surface area contributed by atoms with Gasteiger partial charge in [0.25, 0.3) is 0 Å². The van der Waals surface area contributed by atoms with Crippen LogP contribution in [0.2, 0.25) is 0 Å². The van der Waals surface area contributed by atoms with E-state index >= 15 is 0 Å². The number of phenolic OH excluding ortho intramolecular Hbond substituents is 1. The molecule has 0 amide bonds. The van der Waals surface area contributed by atoms with Gasteiger partial charge in [0, 0.05) is 10.9 Å². The lowest BCUT2D eigenvalue weighted by atomic mass is 9.99. The number of benzene rings is 2. The minimum atomic E-state index is 0.407. The molecule has 156 valence electrons. The molecule has 0 aliphatic rings. The number of fused-ring (bicyclic) bond motifs is 1. The number of hydrogen-bond acceptors (Lipinski definition) is 2. The molecule has 0 saturated heterocycles. The van der Waals surface area contributed by atoms with Crippen LogP contribution >= 0.6 is 0 Å². The second-order valence-corrected chi connectivity index (χ2v) is 8.04. The van der Waals surface area contributed by atoms with Crippen molar-refractivity contribution < 1.29 is 9.84 Å². The Hall–Kier alpha value is -1.70. The maximum absolute atomic E-state index is 10.8. The summed E-state index contributed by atoms with van der Waals surface area (Å²) >= 11 is 0. The van der Waals surface area contributed by atoms with E-state index in [1.165, 1.54) is 56.9 Å². The molecule has 0 aliphatic carbocycles. The molecule has 0 radical (unpaired) electrons. The fourth-order valence-corrected chi connectivity index (χ4v) is 3.89. The Morgan fingerprint density at radius 3 is 2.11 bits per heavy atom. The summed E-state index contributed by atoms with van der Waals surface area (Å²) < 4.78 is 6.15. The second-order valence-electron chi connectivity index (χ2n) is 8.04. The summed E-state index contributed by atoms with van der Waals surface area (Å²) in [5, 5.41) is 12.8. The number of aryl methyl sites for hydroxylation is 1. The Labute approximate surface area is 172 Å². The monoisotopic (exact) mass is 384 g/mol. The molecule has 0 aromatic heterocycles. The molecule has 0 aliphatic heterocycles. The van der Waals surface area contributed by atoms with Gasteiger partial charge in [-0.15, -0.1) is 0 Å². The van der Waals surface area contributed by atoms with Crippen LogP contribution in [-0.4, -0.2) is 11.7 Å². The van der Waals surface area contributed by atoms with E-state index < -0.39 is 0 Å². The molecule has 2 rings (SSSR count). The van der Waals surface area contributed by atoms with E-state index in [0.717, 1.165) is 54.4 Å². The van der Waals surface area contributed by atoms with Crippen LogP contribution < -0.4 is 4.74 Å². The minimum absolute atomic E-state index is 0.407. The van der Waals surface area contributed by atoms with E-state index in [9.17, 15) is 5.11 Å². The van der Waals surface area contributed by atoms with Crippen molar-refractivity contribution in [1.82, 2.24) is 0 Å². The molecule has 1 N–H and O–H groups in total. The number of rotatable bonds is 14. The minimum Gasteiger partial charge on any atom is -0.507 e. The van der Waals surface area contributed by atoms with Crippen molar-refractivity contribution in [2.45, 2.75) is 97.8 Å². The quantitative estimate of drug-likeness (QED) is 0.335. The first-order valence-electron chi connectivity index (χ1n) is 11.6. The molecular weight excluding hydrogens is 344 g/mol. The van der Waals surface area contributed by atoms with Gasteiger partial charge < -0.3 is 9.84 Å². The van der Waals surface area contributed by atoms with Crippen LogP contribution in [0.15, 0.2) is 24.3 Å². The largest absolute Gasteiger partial charge is 0.507 e. The van der Waals surface area contributed by atoms with Gasteiger partial charge in [-0.25, -0.2) is 0 Å². The van der Waals surface area contributed by atoms with Gasteiger partial charge in [-0.05, 0) is 36.3 Å². The van der Waals surface area contributed by atoms with E-state index in [1.807, 2.05) is 6.07 Å². The van der Waals surface area contributed by atoms with Gasteiger partial charge in [-0.1, -0.05) is 96.8 Å². The van der Waals surface area contributed by atoms with Crippen LogP contribution in [0, 0.1) is 0 Å². The molecule has 0 atom stereocenters. The average Bonchev–Trinajstić information content (AvgIpc) is 2.71.